The highest BCUT2D eigenvalue weighted by molar-refractivity contribution is 7.89. The molecule has 1 atom stereocenters. The quantitative estimate of drug-likeness (QED) is 0.738. The average molecular weight is 426 g/mol. The highest BCUT2D eigenvalue weighted by Crippen LogP contribution is 2.27. The van der Waals surface area contributed by atoms with Gasteiger partial charge < -0.3 is 10.6 Å². The number of rotatable bonds is 5. The molecule has 0 bridgehead atoms. The molecular weight excluding hydrogens is 402 g/mol. The first-order chi connectivity index (χ1) is 13.4. The zero-order valence-corrected chi connectivity index (χ0v) is 17.2. The number of halogens is 1. The highest BCUT2D eigenvalue weighted by atomic mass is 35.5. The first-order valence-electron chi connectivity index (χ1n) is 9.41. The minimum absolute atomic E-state index is 0.121. The van der Waals surface area contributed by atoms with Crippen LogP contribution in [0.3, 0.4) is 0 Å². The Labute approximate surface area is 169 Å². The van der Waals surface area contributed by atoms with Crippen LogP contribution >= 0.6 is 11.6 Å². The number of hydrogen-bond donors (Lipinski definition) is 2. The van der Waals surface area contributed by atoms with Gasteiger partial charge >= 0.3 is 0 Å². The van der Waals surface area contributed by atoms with Crippen LogP contribution in [0, 0.1) is 0 Å². The summed E-state index contributed by atoms with van der Waals surface area (Å²) in [6, 6.07) is 0.121. The molecule has 2 aromatic heterocycles. The van der Waals surface area contributed by atoms with Crippen LogP contribution in [0.15, 0.2) is 18.6 Å². The van der Waals surface area contributed by atoms with Crippen LogP contribution in [0.5, 0.6) is 0 Å². The second kappa shape index (κ2) is 7.94. The molecule has 2 fully saturated rings. The van der Waals surface area contributed by atoms with E-state index in [1.54, 1.807) is 21.4 Å². The molecule has 2 N–H and O–H groups in total. The fourth-order valence-electron chi connectivity index (χ4n) is 3.71. The summed E-state index contributed by atoms with van der Waals surface area (Å²) >= 11 is 6.25. The lowest BCUT2D eigenvalue weighted by molar-refractivity contribution is 0.326. The molecule has 0 aromatic carbocycles. The number of nitrogens with one attached hydrogen (secondary N) is 2. The van der Waals surface area contributed by atoms with Crippen LogP contribution in [-0.2, 0) is 17.1 Å². The van der Waals surface area contributed by atoms with Crippen LogP contribution in [0.1, 0.15) is 19.3 Å². The number of aryl methyl sites for hydroxylation is 1. The summed E-state index contributed by atoms with van der Waals surface area (Å²) in [4.78, 5) is 8.81. The molecule has 0 aliphatic carbocycles. The number of hydrogen-bond acceptors (Lipinski definition) is 7. The van der Waals surface area contributed by atoms with Crippen molar-refractivity contribution in [3.8, 4) is 11.3 Å². The molecule has 4 rings (SSSR count). The lowest BCUT2D eigenvalue weighted by Gasteiger charge is -2.33. The van der Waals surface area contributed by atoms with Crippen molar-refractivity contribution < 1.29 is 8.42 Å². The number of piperidine rings is 1. The van der Waals surface area contributed by atoms with Gasteiger partial charge in [0.1, 0.15) is 0 Å². The molecule has 0 saturated carbocycles. The molecule has 9 nitrogen and oxygen atoms in total. The van der Waals surface area contributed by atoms with Gasteiger partial charge in [0.2, 0.25) is 16.0 Å². The Morgan fingerprint density at radius 3 is 2.68 bits per heavy atom. The van der Waals surface area contributed by atoms with Crippen molar-refractivity contribution in [1.29, 1.82) is 0 Å². The van der Waals surface area contributed by atoms with Gasteiger partial charge in [-0.15, -0.1) is 0 Å². The summed E-state index contributed by atoms with van der Waals surface area (Å²) in [7, 11) is -1.38. The van der Waals surface area contributed by atoms with E-state index in [2.05, 4.69) is 25.7 Å². The largest absolute Gasteiger partial charge is 0.351 e. The van der Waals surface area contributed by atoms with E-state index in [1.165, 1.54) is 0 Å². The predicted octanol–water partition coefficient (Wildman–Crippen LogP) is 1.10. The van der Waals surface area contributed by atoms with Gasteiger partial charge in [-0.2, -0.15) is 5.10 Å². The molecule has 0 radical (unpaired) electrons. The van der Waals surface area contributed by atoms with Gasteiger partial charge in [-0.1, -0.05) is 11.6 Å². The predicted molar refractivity (Wildman–Crippen MR) is 108 cm³/mol. The summed E-state index contributed by atoms with van der Waals surface area (Å²) < 4.78 is 28.7. The van der Waals surface area contributed by atoms with E-state index >= 15 is 0 Å². The van der Waals surface area contributed by atoms with Crippen LogP contribution in [0.2, 0.25) is 5.02 Å². The Bertz CT molecular complexity index is 935. The fourth-order valence-corrected chi connectivity index (χ4v) is 5.80. The van der Waals surface area contributed by atoms with Crippen LogP contribution in [0.25, 0.3) is 11.3 Å². The topological polar surface area (TPSA) is 105 Å². The third-order valence-electron chi connectivity index (χ3n) is 5.31. The fraction of sp³-hybridized carbons (Fsp3) is 0.588. The van der Waals surface area contributed by atoms with Crippen molar-refractivity contribution in [1.82, 2.24) is 29.4 Å². The van der Waals surface area contributed by atoms with Gasteiger partial charge in [0.15, 0.2) is 0 Å². The maximum Gasteiger partial charge on any atom is 0.223 e. The first kappa shape index (κ1) is 19.6. The van der Waals surface area contributed by atoms with Crippen molar-refractivity contribution in [3.63, 3.8) is 0 Å². The highest BCUT2D eigenvalue weighted by Gasteiger charge is 2.36. The summed E-state index contributed by atoms with van der Waals surface area (Å²) in [5.41, 5.74) is 1.45. The Hall–Kier alpha value is -1.75. The van der Waals surface area contributed by atoms with Crippen molar-refractivity contribution in [2.45, 2.75) is 30.6 Å². The van der Waals surface area contributed by atoms with Crippen LogP contribution < -0.4 is 10.6 Å². The number of nitrogens with zero attached hydrogens (tertiary/aromatic N) is 5. The molecule has 11 heteroatoms. The molecule has 2 aromatic rings. The maximum atomic E-state index is 12.7. The van der Waals surface area contributed by atoms with Gasteiger partial charge in [-0.05, 0) is 25.8 Å². The van der Waals surface area contributed by atoms with Crippen molar-refractivity contribution in [3.05, 3.63) is 23.6 Å². The SMILES string of the molecule is Cn1cc(-c2nc(NC3CCN(S(=O)(=O)C4CCNC4)CC3)ncc2Cl)cn1. The van der Waals surface area contributed by atoms with E-state index in [0.29, 0.717) is 55.6 Å². The van der Waals surface area contributed by atoms with Gasteiger partial charge in [-0.25, -0.2) is 22.7 Å². The number of anilines is 1. The molecule has 4 heterocycles. The van der Waals surface area contributed by atoms with Gasteiger partial charge in [-0.3, -0.25) is 4.68 Å². The molecular formula is C17H24ClN7O2S. The van der Waals surface area contributed by atoms with Crippen molar-refractivity contribution >= 4 is 27.6 Å². The molecule has 0 spiro atoms. The minimum atomic E-state index is -3.22. The Morgan fingerprint density at radius 1 is 1.25 bits per heavy atom. The van der Waals surface area contributed by atoms with Gasteiger partial charge in [0.25, 0.3) is 0 Å². The Morgan fingerprint density at radius 2 is 2.04 bits per heavy atom. The molecule has 2 aliphatic heterocycles. The van der Waals surface area contributed by atoms with E-state index in [9.17, 15) is 8.42 Å². The third-order valence-corrected chi connectivity index (χ3v) is 7.91. The van der Waals surface area contributed by atoms with Crippen molar-refractivity contribution in [2.75, 3.05) is 31.5 Å². The first-order valence-corrected chi connectivity index (χ1v) is 11.3. The second-order valence-electron chi connectivity index (χ2n) is 7.27. The molecule has 2 saturated heterocycles. The zero-order valence-electron chi connectivity index (χ0n) is 15.7. The lowest BCUT2D eigenvalue weighted by Crippen LogP contribution is -2.46. The van der Waals surface area contributed by atoms with Crippen molar-refractivity contribution in [2.24, 2.45) is 7.05 Å². The maximum absolute atomic E-state index is 12.7. The molecule has 28 heavy (non-hydrogen) atoms. The zero-order chi connectivity index (χ0) is 19.7. The molecule has 0 amide bonds. The van der Waals surface area contributed by atoms with E-state index in [1.807, 2.05) is 13.2 Å². The second-order valence-corrected chi connectivity index (χ2v) is 9.89. The molecule has 152 valence electrons. The molecule has 2 aliphatic rings. The Kier molecular flexibility index (Phi) is 5.55. The number of aromatic nitrogens is 4. The smallest absolute Gasteiger partial charge is 0.223 e. The minimum Gasteiger partial charge on any atom is -0.351 e. The van der Waals surface area contributed by atoms with E-state index < -0.39 is 10.0 Å². The third kappa shape index (κ3) is 4.00. The summed E-state index contributed by atoms with van der Waals surface area (Å²) in [6.45, 7) is 2.35. The summed E-state index contributed by atoms with van der Waals surface area (Å²) in [5, 5.41) is 10.8. The van der Waals surface area contributed by atoms with E-state index in [-0.39, 0.29) is 11.3 Å². The van der Waals surface area contributed by atoms with E-state index in [0.717, 1.165) is 12.1 Å². The van der Waals surface area contributed by atoms with Crippen LogP contribution in [-0.4, -0.2) is 69.9 Å². The lowest BCUT2D eigenvalue weighted by atomic mass is 10.1. The Balaban J connectivity index is 1.40. The number of sulfonamides is 1. The summed E-state index contributed by atoms with van der Waals surface area (Å²) in [6.07, 6.45) is 7.25. The average Bonchev–Trinajstić information content (AvgIpc) is 3.36. The van der Waals surface area contributed by atoms with Crippen LogP contribution in [0.4, 0.5) is 5.95 Å². The monoisotopic (exact) mass is 425 g/mol. The van der Waals surface area contributed by atoms with Gasteiger partial charge in [0, 0.05) is 44.5 Å². The summed E-state index contributed by atoms with van der Waals surface area (Å²) in [5.74, 6) is 0.490. The standard InChI is InChI=1S/C17H24ClN7O2S/c1-24-11-12(8-21-24)16-15(18)10-20-17(23-16)22-13-3-6-25(7-4-13)28(26,27)14-2-5-19-9-14/h8,10-11,13-14,19H,2-7,9H2,1H3,(H,20,22,23). The van der Waals surface area contributed by atoms with Gasteiger partial charge in [0.05, 0.1) is 28.4 Å². The van der Waals surface area contributed by atoms with E-state index in [4.69, 9.17) is 11.6 Å². The normalized spacial score (nSPS) is 21.9. The molecule has 1 unspecified atom stereocenters.